The summed E-state index contributed by atoms with van der Waals surface area (Å²) in [6, 6.07) is 6.65. The van der Waals surface area contributed by atoms with Crippen molar-refractivity contribution in [2.45, 2.75) is 6.04 Å². The molecule has 0 amide bonds. The van der Waals surface area contributed by atoms with Crippen LogP contribution >= 0.6 is 0 Å². The monoisotopic (exact) mass is 229 g/mol. The lowest BCUT2D eigenvalue weighted by Crippen LogP contribution is -2.16. The Morgan fingerprint density at radius 1 is 1.41 bits per heavy atom. The van der Waals surface area contributed by atoms with E-state index in [1.54, 1.807) is 4.68 Å². The lowest BCUT2D eigenvalue weighted by molar-refractivity contribution is 0.318. The SMILES string of the molecule is CN[C@@H]1COc2cc(-c3cnn(C)c3)ccc21. The molecule has 0 saturated carbocycles. The van der Waals surface area contributed by atoms with Crippen LogP contribution in [-0.2, 0) is 7.05 Å². The summed E-state index contributed by atoms with van der Waals surface area (Å²) in [6.45, 7) is 0.711. The first-order valence-electron chi connectivity index (χ1n) is 5.71. The highest BCUT2D eigenvalue weighted by Gasteiger charge is 2.22. The van der Waals surface area contributed by atoms with Gasteiger partial charge in [0.05, 0.1) is 12.2 Å². The van der Waals surface area contributed by atoms with E-state index in [9.17, 15) is 0 Å². The second-order valence-corrected chi connectivity index (χ2v) is 4.31. The minimum Gasteiger partial charge on any atom is -0.491 e. The Kier molecular flexibility index (Phi) is 2.37. The molecule has 0 fully saturated rings. The predicted octanol–water partition coefficient (Wildman–Crippen LogP) is 1.74. The van der Waals surface area contributed by atoms with E-state index in [0.29, 0.717) is 12.6 Å². The zero-order chi connectivity index (χ0) is 11.8. The summed E-state index contributed by atoms with van der Waals surface area (Å²) in [5.41, 5.74) is 3.50. The number of likely N-dealkylation sites (N-methyl/N-ethyl adjacent to an activating group) is 1. The molecule has 4 nitrogen and oxygen atoms in total. The Bertz CT molecular complexity index is 547. The van der Waals surface area contributed by atoms with E-state index < -0.39 is 0 Å². The van der Waals surface area contributed by atoms with Gasteiger partial charge in [0, 0.05) is 24.4 Å². The largest absolute Gasteiger partial charge is 0.491 e. The first-order chi connectivity index (χ1) is 8.28. The fourth-order valence-electron chi connectivity index (χ4n) is 2.20. The van der Waals surface area contributed by atoms with Crippen LogP contribution in [0.5, 0.6) is 5.75 Å². The van der Waals surface area contributed by atoms with Crippen LogP contribution in [0.4, 0.5) is 0 Å². The molecular weight excluding hydrogens is 214 g/mol. The van der Waals surface area contributed by atoms with Gasteiger partial charge < -0.3 is 10.1 Å². The molecule has 1 N–H and O–H groups in total. The van der Waals surface area contributed by atoms with Gasteiger partial charge in [-0.1, -0.05) is 12.1 Å². The molecule has 0 unspecified atom stereocenters. The quantitative estimate of drug-likeness (QED) is 0.852. The first kappa shape index (κ1) is 10.4. The summed E-state index contributed by atoms with van der Waals surface area (Å²) in [5, 5.41) is 7.42. The van der Waals surface area contributed by atoms with Crippen molar-refractivity contribution < 1.29 is 4.74 Å². The third kappa shape index (κ3) is 1.70. The normalized spacial score (nSPS) is 17.9. The van der Waals surface area contributed by atoms with Crippen LogP contribution in [0.1, 0.15) is 11.6 Å². The second kappa shape index (κ2) is 3.89. The molecule has 1 atom stereocenters. The van der Waals surface area contributed by atoms with Crippen molar-refractivity contribution in [3.8, 4) is 16.9 Å². The van der Waals surface area contributed by atoms with Crippen molar-refractivity contribution in [1.29, 1.82) is 0 Å². The maximum absolute atomic E-state index is 5.68. The fourth-order valence-corrected chi connectivity index (χ4v) is 2.20. The van der Waals surface area contributed by atoms with Crippen LogP contribution < -0.4 is 10.1 Å². The van der Waals surface area contributed by atoms with E-state index in [1.165, 1.54) is 5.56 Å². The van der Waals surface area contributed by atoms with Crippen LogP contribution in [0, 0.1) is 0 Å². The topological polar surface area (TPSA) is 39.1 Å². The third-order valence-electron chi connectivity index (χ3n) is 3.18. The second-order valence-electron chi connectivity index (χ2n) is 4.31. The van der Waals surface area contributed by atoms with Crippen LogP contribution in [0.3, 0.4) is 0 Å². The van der Waals surface area contributed by atoms with Crippen molar-refractivity contribution in [1.82, 2.24) is 15.1 Å². The minimum atomic E-state index is 0.313. The van der Waals surface area contributed by atoms with Gasteiger partial charge in [0.15, 0.2) is 0 Å². The van der Waals surface area contributed by atoms with Crippen LogP contribution in [0.2, 0.25) is 0 Å². The van der Waals surface area contributed by atoms with Gasteiger partial charge >= 0.3 is 0 Å². The average molecular weight is 229 g/mol. The maximum atomic E-state index is 5.68. The molecule has 88 valence electrons. The molecule has 1 aliphatic rings. The standard InChI is InChI=1S/C13H15N3O/c1-14-12-8-17-13-5-9(3-4-11(12)13)10-6-15-16(2)7-10/h3-7,12,14H,8H2,1-2H3/t12-/m1/s1. The van der Waals surface area contributed by atoms with Gasteiger partial charge in [-0.15, -0.1) is 0 Å². The van der Waals surface area contributed by atoms with Crippen molar-refractivity contribution in [2.75, 3.05) is 13.7 Å². The molecular formula is C13H15N3O. The Morgan fingerprint density at radius 3 is 3.00 bits per heavy atom. The molecule has 0 saturated heterocycles. The maximum Gasteiger partial charge on any atom is 0.124 e. The first-order valence-corrected chi connectivity index (χ1v) is 5.71. The number of ether oxygens (including phenoxy) is 1. The lowest BCUT2D eigenvalue weighted by atomic mass is 10.0. The van der Waals surface area contributed by atoms with Gasteiger partial charge in [-0.2, -0.15) is 5.10 Å². The van der Waals surface area contributed by atoms with Gasteiger partial charge in [0.25, 0.3) is 0 Å². The molecule has 0 spiro atoms. The predicted molar refractivity (Wildman–Crippen MR) is 65.9 cm³/mol. The number of hydrogen-bond donors (Lipinski definition) is 1. The van der Waals surface area contributed by atoms with Gasteiger partial charge in [0.2, 0.25) is 0 Å². The molecule has 1 aromatic carbocycles. The van der Waals surface area contributed by atoms with E-state index >= 15 is 0 Å². The zero-order valence-corrected chi connectivity index (χ0v) is 9.97. The van der Waals surface area contributed by atoms with Crippen LogP contribution in [0.25, 0.3) is 11.1 Å². The van der Waals surface area contributed by atoms with E-state index in [0.717, 1.165) is 16.9 Å². The van der Waals surface area contributed by atoms with Crippen molar-refractivity contribution in [3.63, 3.8) is 0 Å². The summed E-state index contributed by atoms with van der Waals surface area (Å²) in [5.74, 6) is 0.978. The average Bonchev–Trinajstić information content (AvgIpc) is 2.94. The molecule has 2 heterocycles. The van der Waals surface area contributed by atoms with Crippen molar-refractivity contribution >= 4 is 0 Å². The highest BCUT2D eigenvalue weighted by Crippen LogP contribution is 2.35. The zero-order valence-electron chi connectivity index (χ0n) is 9.97. The number of nitrogens with one attached hydrogen (secondary N) is 1. The summed E-state index contributed by atoms with van der Waals surface area (Å²) < 4.78 is 7.49. The van der Waals surface area contributed by atoms with Gasteiger partial charge in [-0.05, 0) is 18.7 Å². The summed E-state index contributed by atoms with van der Waals surface area (Å²) in [4.78, 5) is 0. The fraction of sp³-hybridized carbons (Fsp3) is 0.308. The molecule has 3 rings (SSSR count). The molecule has 4 heteroatoms. The smallest absolute Gasteiger partial charge is 0.124 e. The minimum absolute atomic E-state index is 0.313. The van der Waals surface area contributed by atoms with Gasteiger partial charge in [-0.25, -0.2) is 0 Å². The number of fused-ring (bicyclic) bond motifs is 1. The Morgan fingerprint density at radius 2 is 2.29 bits per heavy atom. The Labute approximate surface area is 100 Å². The number of benzene rings is 1. The molecule has 0 aliphatic carbocycles. The highest BCUT2D eigenvalue weighted by atomic mass is 16.5. The van der Waals surface area contributed by atoms with Crippen molar-refractivity contribution in [3.05, 3.63) is 36.2 Å². The van der Waals surface area contributed by atoms with E-state index in [-0.39, 0.29) is 0 Å². The Balaban J connectivity index is 2.00. The van der Waals surface area contributed by atoms with E-state index in [2.05, 4.69) is 28.6 Å². The van der Waals surface area contributed by atoms with Crippen LogP contribution in [-0.4, -0.2) is 23.4 Å². The van der Waals surface area contributed by atoms with E-state index in [4.69, 9.17) is 4.74 Å². The summed E-state index contributed by atoms with van der Waals surface area (Å²) in [6.07, 6.45) is 3.87. The highest BCUT2D eigenvalue weighted by molar-refractivity contribution is 5.65. The number of nitrogens with zero attached hydrogens (tertiary/aromatic N) is 2. The molecule has 17 heavy (non-hydrogen) atoms. The van der Waals surface area contributed by atoms with Crippen LogP contribution in [0.15, 0.2) is 30.6 Å². The summed E-state index contributed by atoms with van der Waals surface area (Å²) in [7, 11) is 3.88. The number of aryl methyl sites for hydroxylation is 1. The van der Waals surface area contributed by atoms with Gasteiger partial charge in [-0.3, -0.25) is 4.68 Å². The van der Waals surface area contributed by atoms with E-state index in [1.807, 2.05) is 26.5 Å². The molecule has 0 bridgehead atoms. The number of hydrogen-bond acceptors (Lipinski definition) is 3. The molecule has 0 radical (unpaired) electrons. The molecule has 1 aromatic heterocycles. The Hall–Kier alpha value is -1.81. The summed E-state index contributed by atoms with van der Waals surface area (Å²) >= 11 is 0. The third-order valence-corrected chi connectivity index (χ3v) is 3.18. The number of rotatable bonds is 2. The van der Waals surface area contributed by atoms with Gasteiger partial charge in [0.1, 0.15) is 12.4 Å². The lowest BCUT2D eigenvalue weighted by Gasteiger charge is -2.06. The number of aromatic nitrogens is 2. The molecule has 2 aromatic rings. The van der Waals surface area contributed by atoms with Crippen molar-refractivity contribution in [2.24, 2.45) is 7.05 Å². The molecule has 1 aliphatic heterocycles.